The van der Waals surface area contributed by atoms with Crippen LogP contribution in [0.15, 0.2) is 11.4 Å². The van der Waals surface area contributed by atoms with Crippen LogP contribution in [0.3, 0.4) is 0 Å². The van der Waals surface area contributed by atoms with Crippen LogP contribution in [-0.4, -0.2) is 11.9 Å². The highest BCUT2D eigenvalue weighted by Gasteiger charge is 2.44. The zero-order valence-corrected chi connectivity index (χ0v) is 13.7. The molecule has 112 valence electrons. The summed E-state index contributed by atoms with van der Waals surface area (Å²) in [5, 5.41) is 5.19. The maximum Gasteiger partial charge on any atom is 0.223 e. The highest BCUT2D eigenvalue weighted by atomic mass is 32.1. The topological polar surface area (TPSA) is 55.1 Å². The predicted octanol–water partition coefficient (Wildman–Crippen LogP) is 3.07. The summed E-state index contributed by atoms with van der Waals surface area (Å²) >= 11 is 1.70. The number of hydrogen-bond donors (Lipinski definition) is 2. The Morgan fingerprint density at radius 3 is 2.80 bits per heavy atom. The van der Waals surface area contributed by atoms with Gasteiger partial charge in [-0.2, -0.15) is 0 Å². The molecule has 1 fully saturated rings. The van der Waals surface area contributed by atoms with Gasteiger partial charge in [-0.15, -0.1) is 11.3 Å². The summed E-state index contributed by atoms with van der Waals surface area (Å²) in [5.74, 6) is 0.620. The quantitative estimate of drug-likeness (QED) is 0.900. The van der Waals surface area contributed by atoms with Gasteiger partial charge in [-0.1, -0.05) is 20.8 Å². The summed E-state index contributed by atoms with van der Waals surface area (Å²) in [7, 11) is 0. The van der Waals surface area contributed by atoms with Crippen molar-refractivity contribution in [2.24, 2.45) is 23.0 Å². The zero-order valence-electron chi connectivity index (χ0n) is 12.9. The van der Waals surface area contributed by atoms with Gasteiger partial charge in [-0.3, -0.25) is 4.79 Å². The van der Waals surface area contributed by atoms with Gasteiger partial charge in [-0.25, -0.2) is 0 Å². The van der Waals surface area contributed by atoms with Crippen LogP contribution >= 0.6 is 11.3 Å². The molecule has 0 aliphatic heterocycles. The monoisotopic (exact) mass is 294 g/mol. The number of nitrogens with two attached hydrogens (primary N) is 1. The van der Waals surface area contributed by atoms with E-state index in [4.69, 9.17) is 5.73 Å². The van der Waals surface area contributed by atoms with E-state index in [1.807, 2.05) is 0 Å². The lowest BCUT2D eigenvalue weighted by molar-refractivity contribution is -0.132. The molecule has 1 heterocycles. The van der Waals surface area contributed by atoms with Crippen LogP contribution in [-0.2, 0) is 11.3 Å². The molecule has 20 heavy (non-hydrogen) atoms. The molecule has 3 atom stereocenters. The van der Waals surface area contributed by atoms with Gasteiger partial charge >= 0.3 is 0 Å². The van der Waals surface area contributed by atoms with Crippen LogP contribution in [0.4, 0.5) is 0 Å². The van der Waals surface area contributed by atoms with Crippen molar-refractivity contribution in [2.45, 2.75) is 53.1 Å². The van der Waals surface area contributed by atoms with Crippen molar-refractivity contribution in [1.29, 1.82) is 0 Å². The molecule has 0 spiro atoms. The Morgan fingerprint density at radius 1 is 1.50 bits per heavy atom. The minimum atomic E-state index is -0.0355. The molecule has 0 aromatic carbocycles. The third-order valence-electron chi connectivity index (χ3n) is 5.21. The van der Waals surface area contributed by atoms with Crippen molar-refractivity contribution in [3.8, 4) is 0 Å². The van der Waals surface area contributed by atoms with Gasteiger partial charge in [0.2, 0.25) is 5.91 Å². The standard InChI is InChI=1S/C16H26N2OS/c1-10-7-8-20-14(10)9-18-15(19)12-5-6-13(17)11(2)16(12,3)4/h7-8,11-13H,5-6,9,17H2,1-4H3,(H,18,19). The maximum absolute atomic E-state index is 12.5. The molecule has 2 rings (SSSR count). The van der Waals surface area contributed by atoms with Crippen molar-refractivity contribution in [2.75, 3.05) is 0 Å². The number of rotatable bonds is 3. The van der Waals surface area contributed by atoms with E-state index in [1.165, 1.54) is 10.4 Å². The van der Waals surface area contributed by atoms with E-state index in [9.17, 15) is 4.79 Å². The highest BCUT2D eigenvalue weighted by molar-refractivity contribution is 7.10. The molecular weight excluding hydrogens is 268 g/mol. The van der Waals surface area contributed by atoms with E-state index >= 15 is 0 Å². The predicted molar refractivity (Wildman–Crippen MR) is 84.5 cm³/mol. The fraction of sp³-hybridized carbons (Fsp3) is 0.688. The second kappa shape index (κ2) is 5.86. The van der Waals surface area contributed by atoms with Crippen molar-refractivity contribution >= 4 is 17.2 Å². The van der Waals surface area contributed by atoms with E-state index in [-0.39, 0.29) is 23.3 Å². The molecule has 1 aromatic heterocycles. The molecule has 4 heteroatoms. The van der Waals surface area contributed by atoms with Gasteiger partial charge in [0.15, 0.2) is 0 Å². The minimum absolute atomic E-state index is 0.0355. The molecule has 3 N–H and O–H groups in total. The Bertz CT molecular complexity index is 481. The van der Waals surface area contributed by atoms with Crippen molar-refractivity contribution in [3.05, 3.63) is 21.9 Å². The molecule has 1 aliphatic carbocycles. The fourth-order valence-corrected chi connectivity index (χ4v) is 4.04. The van der Waals surface area contributed by atoms with E-state index < -0.39 is 0 Å². The number of carbonyl (C=O) groups excluding carboxylic acids is 1. The van der Waals surface area contributed by atoms with Crippen molar-refractivity contribution in [1.82, 2.24) is 5.32 Å². The molecule has 0 bridgehead atoms. The van der Waals surface area contributed by atoms with Gasteiger partial charge in [0.05, 0.1) is 6.54 Å². The van der Waals surface area contributed by atoms with Gasteiger partial charge < -0.3 is 11.1 Å². The van der Waals surface area contributed by atoms with Crippen LogP contribution in [0.1, 0.15) is 44.1 Å². The van der Waals surface area contributed by atoms with E-state index in [1.54, 1.807) is 11.3 Å². The lowest BCUT2D eigenvalue weighted by atomic mass is 9.61. The number of amides is 1. The Kier molecular flexibility index (Phi) is 4.55. The molecule has 0 saturated heterocycles. The van der Waals surface area contributed by atoms with Crippen LogP contribution in [0, 0.1) is 24.2 Å². The molecule has 1 amide bonds. The summed E-state index contributed by atoms with van der Waals surface area (Å²) in [6.45, 7) is 9.27. The zero-order chi connectivity index (χ0) is 14.9. The lowest BCUT2D eigenvalue weighted by Crippen LogP contribution is -2.51. The van der Waals surface area contributed by atoms with E-state index in [0.29, 0.717) is 12.5 Å². The fourth-order valence-electron chi connectivity index (χ4n) is 3.19. The van der Waals surface area contributed by atoms with Gasteiger partial charge in [0, 0.05) is 16.8 Å². The van der Waals surface area contributed by atoms with Crippen LogP contribution in [0.25, 0.3) is 0 Å². The Balaban J connectivity index is 2.00. The van der Waals surface area contributed by atoms with Crippen LogP contribution < -0.4 is 11.1 Å². The molecule has 3 unspecified atom stereocenters. The summed E-state index contributed by atoms with van der Waals surface area (Å²) in [6, 6.07) is 2.31. The number of nitrogens with one attached hydrogen (secondary N) is 1. The third kappa shape index (κ3) is 2.91. The first-order chi connectivity index (χ1) is 9.34. The first-order valence-corrected chi connectivity index (χ1v) is 8.28. The van der Waals surface area contributed by atoms with E-state index in [0.717, 1.165) is 12.8 Å². The second-order valence-electron chi connectivity index (χ2n) is 6.65. The summed E-state index contributed by atoms with van der Waals surface area (Å²) in [5.41, 5.74) is 7.38. The smallest absolute Gasteiger partial charge is 0.223 e. The van der Waals surface area contributed by atoms with Crippen molar-refractivity contribution < 1.29 is 4.79 Å². The molecule has 3 nitrogen and oxygen atoms in total. The molecule has 0 radical (unpaired) electrons. The van der Waals surface area contributed by atoms with Gasteiger partial charge in [-0.05, 0) is 48.1 Å². The number of carbonyl (C=O) groups is 1. The third-order valence-corrected chi connectivity index (χ3v) is 6.23. The molecule has 1 aromatic rings. The van der Waals surface area contributed by atoms with E-state index in [2.05, 4.69) is 44.5 Å². The number of thiophene rings is 1. The van der Waals surface area contributed by atoms with Gasteiger partial charge in [0.1, 0.15) is 0 Å². The number of hydrogen-bond acceptors (Lipinski definition) is 3. The highest BCUT2D eigenvalue weighted by Crippen LogP contribution is 2.44. The maximum atomic E-state index is 12.5. The molecular formula is C16H26N2OS. The normalized spacial score (nSPS) is 29.1. The summed E-state index contributed by atoms with van der Waals surface area (Å²) < 4.78 is 0. The van der Waals surface area contributed by atoms with Crippen molar-refractivity contribution in [3.63, 3.8) is 0 Å². The second-order valence-corrected chi connectivity index (χ2v) is 7.65. The minimum Gasteiger partial charge on any atom is -0.351 e. The van der Waals surface area contributed by atoms with Crippen LogP contribution in [0.2, 0.25) is 0 Å². The average molecular weight is 294 g/mol. The average Bonchev–Trinajstić information content (AvgIpc) is 2.79. The Labute approximate surface area is 125 Å². The molecule has 1 aliphatic rings. The van der Waals surface area contributed by atoms with Crippen LogP contribution in [0.5, 0.6) is 0 Å². The Morgan fingerprint density at radius 2 is 2.20 bits per heavy atom. The summed E-state index contributed by atoms with van der Waals surface area (Å²) in [6.07, 6.45) is 1.84. The Hall–Kier alpha value is -0.870. The first kappa shape index (κ1) is 15.5. The summed E-state index contributed by atoms with van der Waals surface area (Å²) in [4.78, 5) is 13.8. The first-order valence-electron chi connectivity index (χ1n) is 7.40. The molecule has 1 saturated carbocycles. The van der Waals surface area contributed by atoms with Gasteiger partial charge in [0.25, 0.3) is 0 Å². The number of aryl methyl sites for hydroxylation is 1. The lowest BCUT2D eigenvalue weighted by Gasteiger charge is -2.46. The SMILES string of the molecule is Cc1ccsc1CNC(=O)C1CCC(N)C(C)C1(C)C. The largest absolute Gasteiger partial charge is 0.351 e.